The first-order valence-corrected chi connectivity index (χ1v) is 8.99. The number of halogens is 3. The second-order valence-electron chi connectivity index (χ2n) is 6.17. The summed E-state index contributed by atoms with van der Waals surface area (Å²) in [4.78, 5) is 4.19. The third-order valence-corrected chi connectivity index (χ3v) is 4.25. The lowest BCUT2D eigenvalue weighted by Gasteiger charge is -2.10. The Labute approximate surface area is 166 Å². The van der Waals surface area contributed by atoms with Gasteiger partial charge >= 0.3 is 0 Å². The first-order chi connectivity index (χ1) is 14.0. The highest BCUT2D eigenvalue weighted by Crippen LogP contribution is 2.26. The maximum atomic E-state index is 14.4. The van der Waals surface area contributed by atoms with Crippen molar-refractivity contribution in [3.05, 3.63) is 77.2 Å². The number of hydrogen-bond donors (Lipinski definition) is 0. The second kappa shape index (κ2) is 9.43. The summed E-state index contributed by atoms with van der Waals surface area (Å²) in [5.41, 5.74) is 1.21. The van der Waals surface area contributed by atoms with Gasteiger partial charge in [-0.15, -0.1) is 0 Å². The van der Waals surface area contributed by atoms with Crippen molar-refractivity contribution in [1.29, 1.82) is 0 Å². The highest BCUT2D eigenvalue weighted by molar-refractivity contribution is 5.60. The molecule has 4 nitrogen and oxygen atoms in total. The third kappa shape index (κ3) is 4.86. The fourth-order valence-electron chi connectivity index (χ4n) is 2.68. The SMILES string of the molecule is CCOCc1ccc(-c2ccc(COc3ccc(OC)c(F)c3)cn2)c(F)c1F. The molecule has 0 spiro atoms. The fraction of sp³-hybridized carbons (Fsp3) is 0.227. The van der Waals surface area contributed by atoms with E-state index in [1.54, 1.807) is 25.1 Å². The summed E-state index contributed by atoms with van der Waals surface area (Å²) in [7, 11) is 1.38. The molecule has 0 saturated heterocycles. The van der Waals surface area contributed by atoms with E-state index in [2.05, 4.69) is 4.98 Å². The van der Waals surface area contributed by atoms with Crippen molar-refractivity contribution in [3.63, 3.8) is 0 Å². The predicted octanol–water partition coefficient (Wildman–Crippen LogP) is 5.29. The molecule has 0 fully saturated rings. The highest BCUT2D eigenvalue weighted by Gasteiger charge is 2.15. The second-order valence-corrected chi connectivity index (χ2v) is 6.17. The number of benzene rings is 2. The van der Waals surface area contributed by atoms with E-state index in [9.17, 15) is 13.2 Å². The monoisotopic (exact) mass is 403 g/mol. The molecule has 3 rings (SSSR count). The van der Waals surface area contributed by atoms with Gasteiger partial charge in [0.2, 0.25) is 0 Å². The Kier molecular flexibility index (Phi) is 6.72. The zero-order valence-electron chi connectivity index (χ0n) is 16.0. The topological polar surface area (TPSA) is 40.6 Å². The predicted molar refractivity (Wildman–Crippen MR) is 102 cm³/mol. The Hall–Kier alpha value is -3.06. The summed E-state index contributed by atoms with van der Waals surface area (Å²) in [6, 6.07) is 10.5. The van der Waals surface area contributed by atoms with Gasteiger partial charge in [-0.25, -0.2) is 13.2 Å². The highest BCUT2D eigenvalue weighted by atomic mass is 19.2. The molecule has 0 aliphatic rings. The number of hydrogen-bond acceptors (Lipinski definition) is 4. The summed E-state index contributed by atoms with van der Waals surface area (Å²) in [5, 5.41) is 0. The summed E-state index contributed by atoms with van der Waals surface area (Å²) in [6.45, 7) is 2.35. The Morgan fingerprint density at radius 3 is 2.41 bits per heavy atom. The van der Waals surface area contributed by atoms with Gasteiger partial charge in [-0.05, 0) is 31.2 Å². The number of pyridine rings is 1. The number of ether oxygens (including phenoxy) is 3. The molecule has 0 unspecified atom stereocenters. The minimum atomic E-state index is -0.965. The molecule has 3 aromatic rings. The van der Waals surface area contributed by atoms with E-state index in [0.717, 1.165) is 0 Å². The van der Waals surface area contributed by atoms with Crippen LogP contribution in [0.1, 0.15) is 18.1 Å². The Morgan fingerprint density at radius 2 is 1.76 bits per heavy atom. The van der Waals surface area contributed by atoms with Crippen LogP contribution in [0.5, 0.6) is 11.5 Å². The van der Waals surface area contributed by atoms with Gasteiger partial charge in [0, 0.05) is 35.6 Å². The molecule has 0 radical (unpaired) electrons. The van der Waals surface area contributed by atoms with Crippen LogP contribution in [0.3, 0.4) is 0 Å². The molecule has 152 valence electrons. The van der Waals surface area contributed by atoms with Crippen LogP contribution in [-0.2, 0) is 18.0 Å². The van der Waals surface area contributed by atoms with Crippen LogP contribution >= 0.6 is 0 Å². The van der Waals surface area contributed by atoms with Crippen molar-refractivity contribution < 1.29 is 27.4 Å². The maximum absolute atomic E-state index is 14.4. The number of methoxy groups -OCH3 is 1. The van der Waals surface area contributed by atoms with E-state index in [1.807, 2.05) is 0 Å². The smallest absolute Gasteiger partial charge is 0.168 e. The van der Waals surface area contributed by atoms with Crippen LogP contribution in [0.25, 0.3) is 11.3 Å². The van der Waals surface area contributed by atoms with E-state index in [1.165, 1.54) is 37.6 Å². The fourth-order valence-corrected chi connectivity index (χ4v) is 2.68. The molecule has 0 aliphatic carbocycles. The summed E-state index contributed by atoms with van der Waals surface area (Å²) in [5.74, 6) is -1.96. The molecule has 0 amide bonds. The lowest BCUT2D eigenvalue weighted by Crippen LogP contribution is -2.01. The minimum Gasteiger partial charge on any atom is -0.494 e. The number of rotatable bonds is 8. The number of nitrogens with zero attached hydrogens (tertiary/aromatic N) is 1. The molecule has 1 heterocycles. The van der Waals surface area contributed by atoms with Crippen LogP contribution in [0.4, 0.5) is 13.2 Å². The molecule has 1 aromatic heterocycles. The molecule has 29 heavy (non-hydrogen) atoms. The Bertz CT molecular complexity index is 978. The van der Waals surface area contributed by atoms with Gasteiger partial charge in [-0.2, -0.15) is 0 Å². The molecular weight excluding hydrogens is 383 g/mol. The van der Waals surface area contributed by atoms with Crippen molar-refractivity contribution in [2.45, 2.75) is 20.1 Å². The summed E-state index contributed by atoms with van der Waals surface area (Å²) in [6.07, 6.45) is 1.50. The zero-order valence-corrected chi connectivity index (χ0v) is 16.0. The zero-order chi connectivity index (χ0) is 20.8. The first kappa shape index (κ1) is 20.7. The maximum Gasteiger partial charge on any atom is 0.168 e. The van der Waals surface area contributed by atoms with Crippen LogP contribution in [-0.4, -0.2) is 18.7 Å². The Balaban J connectivity index is 1.70. The van der Waals surface area contributed by atoms with Gasteiger partial charge in [0.25, 0.3) is 0 Å². The molecule has 0 aliphatic heterocycles. The van der Waals surface area contributed by atoms with Gasteiger partial charge in [0.15, 0.2) is 23.2 Å². The van der Waals surface area contributed by atoms with Crippen LogP contribution in [0.15, 0.2) is 48.7 Å². The van der Waals surface area contributed by atoms with Crippen molar-refractivity contribution in [3.8, 4) is 22.8 Å². The standard InChI is InChI=1S/C22H20F3NO3/c1-3-28-13-15-5-7-17(22(25)21(15)24)19-8-4-14(11-26-19)12-29-16-6-9-20(27-2)18(23)10-16/h4-11H,3,12-13H2,1-2H3. The molecule has 0 atom stereocenters. The molecule has 2 aromatic carbocycles. The first-order valence-electron chi connectivity index (χ1n) is 8.99. The van der Waals surface area contributed by atoms with E-state index in [-0.39, 0.29) is 30.1 Å². The molecule has 0 saturated carbocycles. The average molecular weight is 403 g/mol. The van der Waals surface area contributed by atoms with E-state index in [0.29, 0.717) is 23.6 Å². The molecule has 0 bridgehead atoms. The van der Waals surface area contributed by atoms with Crippen LogP contribution < -0.4 is 9.47 Å². The lowest BCUT2D eigenvalue weighted by molar-refractivity contribution is 0.131. The van der Waals surface area contributed by atoms with E-state index >= 15 is 0 Å². The molecule has 0 N–H and O–H groups in total. The Morgan fingerprint density at radius 1 is 0.931 bits per heavy atom. The van der Waals surface area contributed by atoms with Crippen molar-refractivity contribution in [2.24, 2.45) is 0 Å². The summed E-state index contributed by atoms with van der Waals surface area (Å²) >= 11 is 0. The van der Waals surface area contributed by atoms with Crippen LogP contribution in [0.2, 0.25) is 0 Å². The minimum absolute atomic E-state index is 0.00912. The molecule has 7 heteroatoms. The lowest BCUT2D eigenvalue weighted by atomic mass is 10.1. The van der Waals surface area contributed by atoms with Crippen molar-refractivity contribution in [2.75, 3.05) is 13.7 Å². The normalized spacial score (nSPS) is 10.8. The van der Waals surface area contributed by atoms with Crippen LogP contribution in [0, 0.1) is 17.5 Å². The van der Waals surface area contributed by atoms with Gasteiger partial charge < -0.3 is 14.2 Å². The van der Waals surface area contributed by atoms with E-state index < -0.39 is 17.5 Å². The van der Waals surface area contributed by atoms with Gasteiger partial charge in [-0.3, -0.25) is 4.98 Å². The van der Waals surface area contributed by atoms with Gasteiger partial charge in [-0.1, -0.05) is 12.1 Å². The van der Waals surface area contributed by atoms with Gasteiger partial charge in [0.1, 0.15) is 12.4 Å². The van der Waals surface area contributed by atoms with E-state index in [4.69, 9.17) is 14.2 Å². The van der Waals surface area contributed by atoms with Crippen molar-refractivity contribution >= 4 is 0 Å². The third-order valence-electron chi connectivity index (χ3n) is 4.25. The van der Waals surface area contributed by atoms with Crippen molar-refractivity contribution in [1.82, 2.24) is 4.98 Å². The largest absolute Gasteiger partial charge is 0.494 e. The number of aromatic nitrogens is 1. The summed E-state index contributed by atoms with van der Waals surface area (Å²) < 4.78 is 57.8. The quantitative estimate of drug-likeness (QED) is 0.512. The van der Waals surface area contributed by atoms with Gasteiger partial charge in [0.05, 0.1) is 19.4 Å². The molecular formula is C22H20F3NO3. The average Bonchev–Trinajstić information content (AvgIpc) is 2.74.